The summed E-state index contributed by atoms with van der Waals surface area (Å²) in [6.45, 7) is 17.0. The second-order valence-electron chi connectivity index (χ2n) is 12.0. The SMILES string of the molecule is C=CC(=O)N1CCC(N(CC)c2cc(-c3ccnc(N4CCN(C)CC4)n3)cc(C(=O)NCc3c(C)cc(C)[nH]c3=O)c2C)C1. The molecule has 2 amide bonds. The van der Waals surface area contributed by atoms with Crippen molar-refractivity contribution in [2.24, 2.45) is 0 Å². The Kier molecular flexibility index (Phi) is 9.67. The molecule has 5 rings (SSSR count). The Morgan fingerprint density at radius 2 is 1.89 bits per heavy atom. The molecule has 1 atom stereocenters. The maximum Gasteiger partial charge on any atom is 0.253 e. The number of piperazine rings is 1. The van der Waals surface area contributed by atoms with Gasteiger partial charge in [0.05, 0.1) is 5.69 Å². The summed E-state index contributed by atoms with van der Waals surface area (Å²) >= 11 is 0. The Labute approximate surface area is 265 Å². The van der Waals surface area contributed by atoms with Gasteiger partial charge in [0, 0.05) is 92.7 Å². The van der Waals surface area contributed by atoms with Crippen molar-refractivity contribution in [1.82, 2.24) is 30.1 Å². The van der Waals surface area contributed by atoms with Crippen LogP contribution in [0.4, 0.5) is 11.6 Å². The molecule has 2 saturated heterocycles. The predicted molar refractivity (Wildman–Crippen MR) is 178 cm³/mol. The highest BCUT2D eigenvalue weighted by atomic mass is 16.2. The fourth-order valence-corrected chi connectivity index (χ4v) is 6.36. The van der Waals surface area contributed by atoms with E-state index in [2.05, 4.69) is 56.6 Å². The maximum atomic E-state index is 13.9. The molecular formula is C34H44N8O3. The number of benzene rings is 1. The molecule has 0 bridgehead atoms. The number of aromatic amines is 1. The lowest BCUT2D eigenvalue weighted by molar-refractivity contribution is -0.125. The molecule has 4 heterocycles. The van der Waals surface area contributed by atoms with Gasteiger partial charge in [-0.2, -0.15) is 0 Å². The van der Waals surface area contributed by atoms with Crippen LogP contribution in [0.25, 0.3) is 11.3 Å². The molecule has 0 saturated carbocycles. The quantitative estimate of drug-likeness (QED) is 0.354. The minimum Gasteiger partial charge on any atom is -0.367 e. The number of aromatic nitrogens is 3. The van der Waals surface area contributed by atoms with Crippen LogP contribution in [0.15, 0.2) is 47.9 Å². The number of aryl methyl sites for hydroxylation is 2. The second kappa shape index (κ2) is 13.6. The average Bonchev–Trinajstić information content (AvgIpc) is 3.51. The third-order valence-corrected chi connectivity index (χ3v) is 9.01. The van der Waals surface area contributed by atoms with Crippen molar-refractivity contribution in [2.75, 3.05) is 62.7 Å². The largest absolute Gasteiger partial charge is 0.367 e. The van der Waals surface area contributed by atoms with Gasteiger partial charge in [0.15, 0.2) is 0 Å². The molecule has 2 aliphatic heterocycles. The number of carbonyl (C=O) groups is 2. The molecule has 45 heavy (non-hydrogen) atoms. The normalized spacial score (nSPS) is 17.0. The first-order valence-corrected chi connectivity index (χ1v) is 15.7. The number of anilines is 2. The number of hydrogen-bond acceptors (Lipinski definition) is 8. The lowest BCUT2D eigenvalue weighted by Gasteiger charge is -2.33. The van der Waals surface area contributed by atoms with Gasteiger partial charge in [-0.05, 0) is 82.6 Å². The minimum absolute atomic E-state index is 0.0714. The smallest absolute Gasteiger partial charge is 0.253 e. The van der Waals surface area contributed by atoms with Crippen LogP contribution in [-0.4, -0.2) is 95.5 Å². The van der Waals surface area contributed by atoms with Crippen LogP contribution in [0, 0.1) is 20.8 Å². The van der Waals surface area contributed by atoms with E-state index in [1.165, 1.54) is 6.08 Å². The van der Waals surface area contributed by atoms with Gasteiger partial charge >= 0.3 is 0 Å². The summed E-state index contributed by atoms with van der Waals surface area (Å²) in [7, 11) is 2.11. The number of nitrogens with one attached hydrogen (secondary N) is 2. The van der Waals surface area contributed by atoms with E-state index in [0.29, 0.717) is 36.7 Å². The maximum absolute atomic E-state index is 13.9. The minimum atomic E-state index is -0.269. The van der Waals surface area contributed by atoms with E-state index in [0.717, 1.165) is 66.4 Å². The van der Waals surface area contributed by atoms with E-state index in [4.69, 9.17) is 4.98 Å². The molecule has 0 aliphatic carbocycles. The molecule has 2 N–H and O–H groups in total. The lowest BCUT2D eigenvalue weighted by atomic mass is 9.98. The van der Waals surface area contributed by atoms with Gasteiger partial charge in [0.2, 0.25) is 11.9 Å². The van der Waals surface area contributed by atoms with Crippen molar-refractivity contribution in [3.8, 4) is 11.3 Å². The molecule has 1 unspecified atom stereocenters. The van der Waals surface area contributed by atoms with Gasteiger partial charge in [-0.1, -0.05) is 6.58 Å². The first-order chi connectivity index (χ1) is 21.6. The van der Waals surface area contributed by atoms with Crippen LogP contribution in [0.2, 0.25) is 0 Å². The fraction of sp³-hybridized carbons (Fsp3) is 0.441. The summed E-state index contributed by atoms with van der Waals surface area (Å²) in [5, 5.41) is 3.00. The molecule has 1 aromatic carbocycles. The zero-order valence-electron chi connectivity index (χ0n) is 27.0. The molecule has 11 nitrogen and oxygen atoms in total. The average molecular weight is 613 g/mol. The number of hydrogen-bond donors (Lipinski definition) is 2. The van der Waals surface area contributed by atoms with Crippen molar-refractivity contribution in [3.63, 3.8) is 0 Å². The van der Waals surface area contributed by atoms with Gasteiger partial charge < -0.3 is 29.9 Å². The van der Waals surface area contributed by atoms with E-state index < -0.39 is 0 Å². The Hall–Kier alpha value is -4.51. The predicted octanol–water partition coefficient (Wildman–Crippen LogP) is 3.05. The summed E-state index contributed by atoms with van der Waals surface area (Å²) in [4.78, 5) is 59.8. The molecule has 3 aromatic rings. The molecule has 2 aromatic heterocycles. The Bertz CT molecular complexity index is 1640. The molecule has 0 radical (unpaired) electrons. The highest BCUT2D eigenvalue weighted by molar-refractivity contribution is 5.99. The number of likely N-dealkylation sites (tertiary alicyclic amines) is 1. The second-order valence-corrected chi connectivity index (χ2v) is 12.0. The zero-order valence-corrected chi connectivity index (χ0v) is 27.0. The van der Waals surface area contributed by atoms with Crippen LogP contribution in [0.1, 0.15) is 46.1 Å². The molecule has 0 spiro atoms. The van der Waals surface area contributed by atoms with Crippen molar-refractivity contribution < 1.29 is 9.59 Å². The van der Waals surface area contributed by atoms with Crippen molar-refractivity contribution >= 4 is 23.5 Å². The third kappa shape index (κ3) is 6.93. The van der Waals surface area contributed by atoms with Gasteiger partial charge in [0.1, 0.15) is 0 Å². The number of amides is 2. The van der Waals surface area contributed by atoms with E-state index in [1.54, 1.807) is 6.20 Å². The molecular weight excluding hydrogens is 568 g/mol. The first-order valence-electron chi connectivity index (χ1n) is 15.7. The topological polar surface area (TPSA) is 118 Å². The summed E-state index contributed by atoms with van der Waals surface area (Å²) in [5.41, 5.74) is 5.73. The van der Waals surface area contributed by atoms with E-state index in [1.807, 2.05) is 43.9 Å². The highest BCUT2D eigenvalue weighted by Crippen LogP contribution is 2.34. The number of pyridine rings is 1. The van der Waals surface area contributed by atoms with E-state index >= 15 is 0 Å². The molecule has 2 aliphatic rings. The van der Waals surface area contributed by atoms with Gasteiger partial charge in [-0.25, -0.2) is 9.97 Å². The van der Waals surface area contributed by atoms with Crippen LogP contribution < -0.4 is 20.7 Å². The standard InChI is InChI=1S/C34H44N8O3/c1-7-31(43)41-12-10-26(21-41)42(8-2)30-19-25(29-9-11-35-34(38-29)40-15-13-39(6)14-16-40)18-27(24(30)5)32(44)36-20-28-22(3)17-23(4)37-33(28)45/h7,9,11,17-19,26H,1,8,10,12-16,20-21H2,2-6H3,(H,36,44)(H,37,45). The van der Waals surface area contributed by atoms with Crippen molar-refractivity contribution in [2.45, 2.75) is 46.7 Å². The Balaban J connectivity index is 1.52. The summed E-state index contributed by atoms with van der Waals surface area (Å²) in [6, 6.07) is 7.84. The number of H-pyrrole nitrogens is 1. The lowest BCUT2D eigenvalue weighted by Crippen LogP contribution is -2.45. The van der Waals surface area contributed by atoms with Crippen LogP contribution >= 0.6 is 0 Å². The van der Waals surface area contributed by atoms with Gasteiger partial charge in [-0.15, -0.1) is 0 Å². The highest BCUT2D eigenvalue weighted by Gasteiger charge is 2.31. The summed E-state index contributed by atoms with van der Waals surface area (Å²) in [6.07, 6.45) is 3.95. The third-order valence-electron chi connectivity index (χ3n) is 9.01. The van der Waals surface area contributed by atoms with Crippen molar-refractivity contribution in [3.05, 3.63) is 81.4 Å². The monoisotopic (exact) mass is 612 g/mol. The van der Waals surface area contributed by atoms with Crippen LogP contribution in [0.5, 0.6) is 0 Å². The van der Waals surface area contributed by atoms with Gasteiger partial charge in [-0.3, -0.25) is 14.4 Å². The number of carbonyl (C=O) groups excluding carboxylic acids is 2. The Morgan fingerprint density at radius 3 is 2.58 bits per heavy atom. The Morgan fingerprint density at radius 1 is 1.13 bits per heavy atom. The van der Waals surface area contributed by atoms with Crippen molar-refractivity contribution in [1.29, 1.82) is 0 Å². The van der Waals surface area contributed by atoms with Crippen LogP contribution in [-0.2, 0) is 11.3 Å². The van der Waals surface area contributed by atoms with Crippen LogP contribution in [0.3, 0.4) is 0 Å². The number of rotatable bonds is 9. The number of nitrogens with zero attached hydrogens (tertiary/aromatic N) is 6. The fourth-order valence-electron chi connectivity index (χ4n) is 6.36. The zero-order chi connectivity index (χ0) is 32.2. The number of likely N-dealkylation sites (N-methyl/N-ethyl adjacent to an activating group) is 2. The molecule has 2 fully saturated rings. The summed E-state index contributed by atoms with van der Waals surface area (Å²) < 4.78 is 0. The van der Waals surface area contributed by atoms with E-state index in [9.17, 15) is 14.4 Å². The summed E-state index contributed by atoms with van der Waals surface area (Å²) in [5.74, 6) is 0.330. The molecule has 238 valence electrons. The van der Waals surface area contributed by atoms with Gasteiger partial charge in [0.25, 0.3) is 11.5 Å². The first kappa shape index (κ1) is 31.9. The van der Waals surface area contributed by atoms with E-state index in [-0.39, 0.29) is 30.0 Å². The molecule has 11 heteroatoms.